The molecule has 0 unspecified atom stereocenters. The molecule has 17 heavy (non-hydrogen) atoms. The molecule has 0 spiro atoms. The maximum atomic E-state index is 12.5. The number of rotatable bonds is 3. The second-order valence-corrected chi connectivity index (χ2v) is 3.33. The largest absolute Gasteiger partial charge is 0.469 e. The maximum Gasteiger partial charge on any atom is 0.311 e. The number of carbonyl (C=O) groups is 1. The molecule has 0 saturated heterocycles. The molecule has 1 aromatic heterocycles. The van der Waals surface area contributed by atoms with Crippen LogP contribution in [0.25, 0.3) is 0 Å². The van der Waals surface area contributed by atoms with Crippen molar-refractivity contribution in [2.24, 2.45) is 0 Å². The minimum atomic E-state index is -2.78. The Bertz CT molecular complexity index is 481. The molecule has 0 saturated carbocycles. The summed E-state index contributed by atoms with van der Waals surface area (Å²) in [5, 5.41) is 8.80. The zero-order chi connectivity index (χ0) is 13.0. The summed E-state index contributed by atoms with van der Waals surface area (Å²) < 4.78 is 29.5. The van der Waals surface area contributed by atoms with Gasteiger partial charge in [-0.15, -0.1) is 0 Å². The van der Waals surface area contributed by atoms with Crippen LogP contribution in [0.1, 0.15) is 28.9 Å². The van der Waals surface area contributed by atoms with Gasteiger partial charge in [-0.1, -0.05) is 0 Å². The first kappa shape index (κ1) is 13.0. The number of aromatic nitrogens is 1. The molecule has 0 atom stereocenters. The highest BCUT2D eigenvalue weighted by atomic mass is 19.3. The Balaban J connectivity index is 3.24. The van der Waals surface area contributed by atoms with Gasteiger partial charge in [0.2, 0.25) is 0 Å². The minimum absolute atomic E-state index is 0.0919. The van der Waals surface area contributed by atoms with E-state index in [1.165, 1.54) is 7.11 Å². The number of halogens is 2. The van der Waals surface area contributed by atoms with E-state index in [1.54, 1.807) is 13.0 Å². The lowest BCUT2D eigenvalue weighted by Gasteiger charge is -2.08. The van der Waals surface area contributed by atoms with Gasteiger partial charge in [-0.25, -0.2) is 8.78 Å². The molecule has 0 fully saturated rings. The van der Waals surface area contributed by atoms with Crippen molar-refractivity contribution < 1.29 is 18.3 Å². The number of alkyl halides is 2. The molecule has 1 rings (SSSR count). The summed E-state index contributed by atoms with van der Waals surface area (Å²) >= 11 is 0. The van der Waals surface area contributed by atoms with Crippen LogP contribution >= 0.6 is 0 Å². The predicted molar refractivity (Wildman–Crippen MR) is 54.4 cm³/mol. The Kier molecular flexibility index (Phi) is 4.10. The van der Waals surface area contributed by atoms with Crippen LogP contribution in [0.5, 0.6) is 0 Å². The summed E-state index contributed by atoms with van der Waals surface area (Å²) in [7, 11) is 1.19. The van der Waals surface area contributed by atoms with E-state index in [1.807, 2.05) is 0 Å². The average Bonchev–Trinajstić information content (AvgIpc) is 2.31. The van der Waals surface area contributed by atoms with Crippen molar-refractivity contribution in [3.8, 4) is 6.07 Å². The van der Waals surface area contributed by atoms with Crippen LogP contribution in [-0.4, -0.2) is 18.1 Å². The zero-order valence-corrected chi connectivity index (χ0v) is 9.33. The Morgan fingerprint density at radius 3 is 2.76 bits per heavy atom. The highest BCUT2D eigenvalue weighted by Gasteiger charge is 2.17. The van der Waals surface area contributed by atoms with Gasteiger partial charge in [-0.05, 0) is 18.6 Å². The fourth-order valence-corrected chi connectivity index (χ4v) is 1.29. The van der Waals surface area contributed by atoms with Crippen LogP contribution in [0, 0.1) is 18.3 Å². The molecule has 0 aliphatic carbocycles. The van der Waals surface area contributed by atoms with Crippen molar-refractivity contribution in [2.45, 2.75) is 19.8 Å². The molecule has 6 heteroatoms. The number of pyridine rings is 1. The van der Waals surface area contributed by atoms with Gasteiger partial charge >= 0.3 is 5.97 Å². The van der Waals surface area contributed by atoms with Gasteiger partial charge in [0.25, 0.3) is 6.43 Å². The van der Waals surface area contributed by atoms with E-state index in [-0.39, 0.29) is 17.7 Å². The number of nitriles is 1. The van der Waals surface area contributed by atoms with Crippen LogP contribution in [-0.2, 0) is 16.0 Å². The molecule has 0 aliphatic rings. The SMILES string of the molecule is COC(=O)Cc1nc(C(F)F)cc(C#N)c1C. The quantitative estimate of drug-likeness (QED) is 0.757. The summed E-state index contributed by atoms with van der Waals surface area (Å²) in [6.45, 7) is 1.55. The van der Waals surface area contributed by atoms with E-state index in [0.717, 1.165) is 6.07 Å². The molecule has 4 nitrogen and oxygen atoms in total. The second kappa shape index (κ2) is 5.34. The van der Waals surface area contributed by atoms with Gasteiger partial charge in [0.15, 0.2) is 0 Å². The number of carbonyl (C=O) groups excluding carboxylic acids is 1. The molecule has 1 heterocycles. The number of methoxy groups -OCH3 is 1. The smallest absolute Gasteiger partial charge is 0.311 e. The Morgan fingerprint density at radius 1 is 1.65 bits per heavy atom. The molecular weight excluding hydrogens is 230 g/mol. The van der Waals surface area contributed by atoms with Gasteiger partial charge < -0.3 is 4.74 Å². The third kappa shape index (κ3) is 2.97. The van der Waals surface area contributed by atoms with Crippen LogP contribution in [0.2, 0.25) is 0 Å². The molecule has 0 radical (unpaired) electrons. The number of hydrogen-bond acceptors (Lipinski definition) is 4. The summed E-state index contributed by atoms with van der Waals surface area (Å²) in [6.07, 6.45) is -3.00. The van der Waals surface area contributed by atoms with Gasteiger partial charge in [-0.2, -0.15) is 5.26 Å². The molecule has 90 valence electrons. The van der Waals surface area contributed by atoms with Crippen molar-refractivity contribution in [1.82, 2.24) is 4.98 Å². The zero-order valence-electron chi connectivity index (χ0n) is 9.33. The standard InChI is InChI=1S/C11H10F2N2O2/c1-6-7(5-14)3-9(11(12)13)15-8(6)4-10(16)17-2/h3,11H,4H2,1-2H3. The lowest BCUT2D eigenvalue weighted by atomic mass is 10.1. The monoisotopic (exact) mass is 240 g/mol. The highest BCUT2D eigenvalue weighted by molar-refractivity contribution is 5.72. The summed E-state index contributed by atoms with van der Waals surface area (Å²) in [5.41, 5.74) is 0.147. The molecule has 0 amide bonds. The molecule has 0 N–H and O–H groups in total. The first-order valence-corrected chi connectivity index (χ1v) is 4.75. The summed E-state index contributed by atoms with van der Waals surface area (Å²) in [4.78, 5) is 14.7. The summed E-state index contributed by atoms with van der Waals surface area (Å²) in [6, 6.07) is 2.83. The van der Waals surface area contributed by atoms with Crippen LogP contribution in [0.4, 0.5) is 8.78 Å². The van der Waals surface area contributed by atoms with Gasteiger partial charge in [0, 0.05) is 0 Å². The molecule has 1 aromatic rings. The Labute approximate surface area is 96.8 Å². The lowest BCUT2D eigenvalue weighted by molar-refractivity contribution is -0.139. The third-order valence-corrected chi connectivity index (χ3v) is 2.28. The molecule has 0 bridgehead atoms. The number of nitrogens with zero attached hydrogens (tertiary/aromatic N) is 2. The van der Waals surface area contributed by atoms with E-state index in [4.69, 9.17) is 5.26 Å². The van der Waals surface area contributed by atoms with E-state index < -0.39 is 18.1 Å². The second-order valence-electron chi connectivity index (χ2n) is 3.33. The normalized spacial score (nSPS) is 10.1. The third-order valence-electron chi connectivity index (χ3n) is 2.28. The molecule has 0 aliphatic heterocycles. The predicted octanol–water partition coefficient (Wildman–Crippen LogP) is 1.91. The topological polar surface area (TPSA) is 63.0 Å². The fourth-order valence-electron chi connectivity index (χ4n) is 1.29. The number of ether oxygens (including phenoxy) is 1. The first-order chi connectivity index (χ1) is 7.99. The van der Waals surface area contributed by atoms with Crippen LogP contribution in [0.15, 0.2) is 6.07 Å². The minimum Gasteiger partial charge on any atom is -0.469 e. The van der Waals surface area contributed by atoms with Gasteiger partial charge in [0.05, 0.1) is 30.9 Å². The van der Waals surface area contributed by atoms with Crippen molar-refractivity contribution in [3.63, 3.8) is 0 Å². The van der Waals surface area contributed by atoms with Crippen molar-refractivity contribution >= 4 is 5.97 Å². The van der Waals surface area contributed by atoms with E-state index >= 15 is 0 Å². The number of hydrogen-bond donors (Lipinski definition) is 0. The van der Waals surface area contributed by atoms with E-state index in [2.05, 4.69) is 9.72 Å². The fraction of sp³-hybridized carbons (Fsp3) is 0.364. The van der Waals surface area contributed by atoms with E-state index in [9.17, 15) is 13.6 Å². The average molecular weight is 240 g/mol. The van der Waals surface area contributed by atoms with Crippen LogP contribution < -0.4 is 0 Å². The Morgan fingerprint density at radius 2 is 2.29 bits per heavy atom. The molecular formula is C11H10F2N2O2. The van der Waals surface area contributed by atoms with Crippen LogP contribution in [0.3, 0.4) is 0 Å². The molecule has 0 aromatic carbocycles. The Hall–Kier alpha value is -2.03. The van der Waals surface area contributed by atoms with Gasteiger partial charge in [0.1, 0.15) is 5.69 Å². The van der Waals surface area contributed by atoms with Crippen molar-refractivity contribution in [1.29, 1.82) is 5.26 Å². The van der Waals surface area contributed by atoms with E-state index in [0.29, 0.717) is 5.56 Å². The van der Waals surface area contributed by atoms with Crippen molar-refractivity contribution in [2.75, 3.05) is 7.11 Å². The highest BCUT2D eigenvalue weighted by Crippen LogP contribution is 2.21. The van der Waals surface area contributed by atoms with Crippen molar-refractivity contribution in [3.05, 3.63) is 28.6 Å². The maximum absolute atomic E-state index is 12.5. The number of esters is 1. The summed E-state index contributed by atoms with van der Waals surface area (Å²) in [5.74, 6) is -0.587. The van der Waals surface area contributed by atoms with Gasteiger partial charge in [-0.3, -0.25) is 9.78 Å². The first-order valence-electron chi connectivity index (χ1n) is 4.75. The lowest BCUT2D eigenvalue weighted by Crippen LogP contribution is -2.10.